The summed E-state index contributed by atoms with van der Waals surface area (Å²) in [5.41, 5.74) is 1.99. The minimum Gasteiger partial charge on any atom is -0.345 e. The summed E-state index contributed by atoms with van der Waals surface area (Å²) in [4.78, 5) is 25.9. The zero-order valence-corrected chi connectivity index (χ0v) is 12.3. The first-order valence-electron chi connectivity index (χ1n) is 7.14. The number of likely N-dealkylation sites (tertiary alicyclic amines) is 1. The van der Waals surface area contributed by atoms with Gasteiger partial charge in [0.15, 0.2) is 6.29 Å². The van der Waals surface area contributed by atoms with E-state index in [0.29, 0.717) is 5.92 Å². The van der Waals surface area contributed by atoms with Gasteiger partial charge in [-0.25, -0.2) is 0 Å². The Hall–Kier alpha value is -1.62. The van der Waals surface area contributed by atoms with Crippen molar-refractivity contribution in [2.45, 2.75) is 25.3 Å². The van der Waals surface area contributed by atoms with E-state index in [9.17, 15) is 9.59 Å². The van der Waals surface area contributed by atoms with Crippen molar-refractivity contribution < 1.29 is 9.59 Å². The molecule has 0 bridgehead atoms. The highest BCUT2D eigenvalue weighted by Gasteiger charge is 2.23. The Balaban J connectivity index is 2.12. The molecule has 0 spiro atoms. The van der Waals surface area contributed by atoms with E-state index >= 15 is 0 Å². The van der Waals surface area contributed by atoms with Crippen LogP contribution in [0, 0.1) is 0 Å². The first kappa shape index (κ1) is 14.8. The molecule has 0 atom stereocenters. The molecule has 0 N–H and O–H groups in total. The minimum atomic E-state index is 0.446. The molecule has 5 heteroatoms. The second kappa shape index (κ2) is 6.70. The van der Waals surface area contributed by atoms with E-state index in [4.69, 9.17) is 0 Å². The molecule has 1 saturated heterocycles. The Morgan fingerprint density at radius 3 is 2.50 bits per heavy atom. The number of likely N-dealkylation sites (N-methyl/N-ethyl adjacent to an activating group) is 1. The van der Waals surface area contributed by atoms with E-state index in [1.54, 1.807) is 0 Å². The molecule has 0 unspecified atom stereocenters. The quantitative estimate of drug-likeness (QED) is 0.734. The summed E-state index contributed by atoms with van der Waals surface area (Å²) in [6.45, 7) is 3.36. The summed E-state index contributed by atoms with van der Waals surface area (Å²) >= 11 is 0. The van der Waals surface area contributed by atoms with Crippen molar-refractivity contribution in [3.05, 3.63) is 23.5 Å². The van der Waals surface area contributed by atoms with Crippen LogP contribution < -0.4 is 0 Å². The average Bonchev–Trinajstić information content (AvgIpc) is 2.88. The van der Waals surface area contributed by atoms with Crippen LogP contribution >= 0.6 is 0 Å². The monoisotopic (exact) mass is 277 g/mol. The molecule has 1 aromatic heterocycles. The highest BCUT2D eigenvalue weighted by atomic mass is 16.1. The van der Waals surface area contributed by atoms with E-state index in [0.717, 1.165) is 57.4 Å². The lowest BCUT2D eigenvalue weighted by Crippen LogP contribution is -2.32. The van der Waals surface area contributed by atoms with Crippen LogP contribution in [0.15, 0.2) is 12.1 Å². The van der Waals surface area contributed by atoms with Crippen LogP contribution in [0.2, 0.25) is 0 Å². The van der Waals surface area contributed by atoms with E-state index < -0.39 is 0 Å². The van der Waals surface area contributed by atoms with E-state index in [1.807, 2.05) is 25.1 Å². The largest absolute Gasteiger partial charge is 0.345 e. The Morgan fingerprint density at radius 2 is 1.95 bits per heavy atom. The SMILES string of the molecule is CN(C)CCn1c(C=O)ccc1C1CCN(C=O)CC1. The standard InChI is InChI=1S/C15H23N3O2/c1-16(2)9-10-18-14(11-19)3-4-15(18)13-5-7-17(12-20)8-6-13/h3-4,11-13H,5-10H2,1-2H3. The number of amides is 1. The lowest BCUT2D eigenvalue weighted by molar-refractivity contribution is -0.119. The van der Waals surface area contributed by atoms with Crippen molar-refractivity contribution >= 4 is 12.7 Å². The van der Waals surface area contributed by atoms with Crippen molar-refractivity contribution in [1.29, 1.82) is 0 Å². The Morgan fingerprint density at radius 1 is 1.25 bits per heavy atom. The lowest BCUT2D eigenvalue weighted by atomic mass is 9.94. The van der Waals surface area contributed by atoms with Gasteiger partial charge in [-0.2, -0.15) is 0 Å². The molecule has 2 rings (SSSR count). The molecule has 1 aromatic rings. The summed E-state index contributed by atoms with van der Waals surface area (Å²) in [5.74, 6) is 0.446. The highest BCUT2D eigenvalue weighted by molar-refractivity contribution is 5.72. The Bertz CT molecular complexity index is 460. The zero-order valence-electron chi connectivity index (χ0n) is 12.3. The number of nitrogens with zero attached hydrogens (tertiary/aromatic N) is 3. The smallest absolute Gasteiger partial charge is 0.209 e. The second-order valence-corrected chi connectivity index (χ2v) is 5.67. The summed E-state index contributed by atoms with van der Waals surface area (Å²) in [7, 11) is 4.07. The number of rotatable bonds is 6. The maximum atomic E-state index is 11.2. The molecule has 1 aliphatic heterocycles. The van der Waals surface area contributed by atoms with Gasteiger partial charge >= 0.3 is 0 Å². The third kappa shape index (κ3) is 3.28. The van der Waals surface area contributed by atoms with Crippen LogP contribution in [-0.4, -0.2) is 60.8 Å². The maximum absolute atomic E-state index is 11.2. The van der Waals surface area contributed by atoms with Crippen LogP contribution in [-0.2, 0) is 11.3 Å². The van der Waals surface area contributed by atoms with Gasteiger partial charge in [-0.1, -0.05) is 0 Å². The van der Waals surface area contributed by atoms with Crippen LogP contribution in [0.3, 0.4) is 0 Å². The van der Waals surface area contributed by atoms with Crippen LogP contribution in [0.5, 0.6) is 0 Å². The predicted molar refractivity (Wildman–Crippen MR) is 78.0 cm³/mol. The number of carbonyl (C=O) groups excluding carboxylic acids is 2. The third-order valence-electron chi connectivity index (χ3n) is 4.04. The number of aromatic nitrogens is 1. The molecule has 1 aliphatic rings. The molecular formula is C15H23N3O2. The molecule has 0 saturated carbocycles. The van der Waals surface area contributed by atoms with Gasteiger partial charge in [-0.15, -0.1) is 0 Å². The van der Waals surface area contributed by atoms with Gasteiger partial charge in [-0.05, 0) is 39.1 Å². The first-order valence-corrected chi connectivity index (χ1v) is 7.14. The van der Waals surface area contributed by atoms with Crippen molar-refractivity contribution in [3.63, 3.8) is 0 Å². The number of hydrogen-bond acceptors (Lipinski definition) is 3. The molecule has 0 aliphatic carbocycles. The fourth-order valence-electron chi connectivity index (χ4n) is 2.82. The van der Waals surface area contributed by atoms with Gasteiger partial charge in [0, 0.05) is 37.8 Å². The van der Waals surface area contributed by atoms with E-state index in [-0.39, 0.29) is 0 Å². The third-order valence-corrected chi connectivity index (χ3v) is 4.04. The summed E-state index contributed by atoms with van der Waals surface area (Å²) < 4.78 is 2.13. The number of aldehydes is 1. The summed E-state index contributed by atoms with van der Waals surface area (Å²) in [5, 5.41) is 0. The van der Waals surface area contributed by atoms with Gasteiger partial charge in [-0.3, -0.25) is 9.59 Å². The van der Waals surface area contributed by atoms with Crippen molar-refractivity contribution in [2.24, 2.45) is 0 Å². The minimum absolute atomic E-state index is 0.446. The topological polar surface area (TPSA) is 45.6 Å². The van der Waals surface area contributed by atoms with Crippen LogP contribution in [0.4, 0.5) is 0 Å². The van der Waals surface area contributed by atoms with Gasteiger partial charge in [0.1, 0.15) is 0 Å². The molecule has 0 radical (unpaired) electrons. The number of piperidine rings is 1. The van der Waals surface area contributed by atoms with E-state index in [2.05, 4.69) is 15.5 Å². The first-order chi connectivity index (χ1) is 9.65. The molecule has 0 aromatic carbocycles. The molecule has 5 nitrogen and oxygen atoms in total. The van der Waals surface area contributed by atoms with Crippen molar-refractivity contribution in [3.8, 4) is 0 Å². The Kier molecular flexibility index (Phi) is 4.95. The molecule has 110 valence electrons. The predicted octanol–water partition coefficient (Wildman–Crippen LogP) is 1.20. The molecule has 20 heavy (non-hydrogen) atoms. The maximum Gasteiger partial charge on any atom is 0.209 e. The summed E-state index contributed by atoms with van der Waals surface area (Å²) in [6.07, 6.45) is 3.81. The zero-order chi connectivity index (χ0) is 14.5. The van der Waals surface area contributed by atoms with Crippen molar-refractivity contribution in [1.82, 2.24) is 14.4 Å². The van der Waals surface area contributed by atoms with Crippen LogP contribution in [0.1, 0.15) is 34.9 Å². The van der Waals surface area contributed by atoms with E-state index in [1.165, 1.54) is 5.69 Å². The summed E-state index contributed by atoms with van der Waals surface area (Å²) in [6, 6.07) is 3.98. The molecule has 1 amide bonds. The molecule has 1 fully saturated rings. The fourth-order valence-corrected chi connectivity index (χ4v) is 2.82. The molecule has 2 heterocycles. The molecular weight excluding hydrogens is 254 g/mol. The fraction of sp³-hybridized carbons (Fsp3) is 0.600. The number of hydrogen-bond donors (Lipinski definition) is 0. The van der Waals surface area contributed by atoms with Crippen molar-refractivity contribution in [2.75, 3.05) is 33.7 Å². The van der Waals surface area contributed by atoms with Gasteiger partial charge in [0.2, 0.25) is 6.41 Å². The Labute approximate surface area is 120 Å². The highest BCUT2D eigenvalue weighted by Crippen LogP contribution is 2.29. The van der Waals surface area contributed by atoms with Crippen LogP contribution in [0.25, 0.3) is 0 Å². The number of carbonyl (C=O) groups is 2. The average molecular weight is 277 g/mol. The lowest BCUT2D eigenvalue weighted by Gasteiger charge is -2.30. The van der Waals surface area contributed by atoms with Gasteiger partial charge in [0.25, 0.3) is 0 Å². The van der Waals surface area contributed by atoms with Gasteiger partial charge < -0.3 is 14.4 Å². The normalized spacial score (nSPS) is 16.6. The second-order valence-electron chi connectivity index (χ2n) is 5.67. The van der Waals surface area contributed by atoms with Gasteiger partial charge in [0.05, 0.1) is 5.69 Å².